The molecule has 0 amide bonds. The first-order valence-electron chi connectivity index (χ1n) is 9.89. The van der Waals surface area contributed by atoms with Crippen molar-refractivity contribution < 1.29 is 14.6 Å². The average Bonchev–Trinajstić information content (AvgIpc) is 2.62. The van der Waals surface area contributed by atoms with Gasteiger partial charge in [0, 0.05) is 0 Å². The molecular weight excluding hydrogens is 312 g/mol. The Hall–Kier alpha value is -1.77. The molecule has 0 fully saturated rings. The topological polar surface area (TPSA) is 46.5 Å². The van der Waals surface area contributed by atoms with E-state index in [0.29, 0.717) is 5.75 Å². The van der Waals surface area contributed by atoms with Crippen molar-refractivity contribution >= 4 is 5.97 Å². The number of hydrogen-bond acceptors (Lipinski definition) is 2. The summed E-state index contributed by atoms with van der Waals surface area (Å²) in [5.74, 6) is -0.570. The minimum Gasteiger partial charge on any atom is -0.478 e. The van der Waals surface area contributed by atoms with E-state index >= 15 is 0 Å². The molecular formula is C22H34O3. The van der Waals surface area contributed by atoms with E-state index in [0.717, 1.165) is 12.8 Å². The van der Waals surface area contributed by atoms with Crippen molar-refractivity contribution in [2.24, 2.45) is 0 Å². The van der Waals surface area contributed by atoms with Gasteiger partial charge >= 0.3 is 5.97 Å². The van der Waals surface area contributed by atoms with Crippen molar-refractivity contribution in [3.05, 3.63) is 42.2 Å². The van der Waals surface area contributed by atoms with E-state index in [4.69, 9.17) is 9.84 Å². The van der Waals surface area contributed by atoms with Crippen LogP contribution in [0.3, 0.4) is 0 Å². The lowest BCUT2D eigenvalue weighted by Crippen LogP contribution is -1.99. The molecule has 0 atom stereocenters. The quantitative estimate of drug-likeness (QED) is 0.275. The van der Waals surface area contributed by atoms with Crippen molar-refractivity contribution in [2.45, 2.75) is 84.0 Å². The predicted molar refractivity (Wildman–Crippen MR) is 104 cm³/mol. The lowest BCUT2D eigenvalue weighted by Gasteiger charge is -2.04. The molecule has 0 heterocycles. The molecule has 3 nitrogen and oxygen atoms in total. The number of para-hydroxylation sites is 1. The Kier molecular flexibility index (Phi) is 12.4. The summed E-state index contributed by atoms with van der Waals surface area (Å²) >= 11 is 0. The number of unbranched alkanes of at least 4 members (excludes halogenated alkanes) is 11. The normalized spacial score (nSPS) is 11.1. The van der Waals surface area contributed by atoms with Crippen LogP contribution in [0.4, 0.5) is 0 Å². The summed E-state index contributed by atoms with van der Waals surface area (Å²) in [4.78, 5) is 11.1. The number of hydrogen-bond donors (Lipinski definition) is 1. The fourth-order valence-electron chi connectivity index (χ4n) is 2.86. The Morgan fingerprint density at radius 1 is 0.920 bits per heavy atom. The number of rotatable bonds is 15. The van der Waals surface area contributed by atoms with Crippen LogP contribution >= 0.6 is 0 Å². The lowest BCUT2D eigenvalue weighted by atomic mass is 10.1. The maximum atomic E-state index is 11.1. The largest absolute Gasteiger partial charge is 0.478 e. The first kappa shape index (κ1) is 21.3. The van der Waals surface area contributed by atoms with Gasteiger partial charge in [0.05, 0.1) is 6.26 Å². The third-order valence-corrected chi connectivity index (χ3v) is 4.38. The van der Waals surface area contributed by atoms with Gasteiger partial charge in [-0.2, -0.15) is 0 Å². The summed E-state index contributed by atoms with van der Waals surface area (Å²) in [6, 6.07) is 6.70. The van der Waals surface area contributed by atoms with E-state index in [1.807, 2.05) is 6.08 Å². The molecule has 0 aliphatic carbocycles. The van der Waals surface area contributed by atoms with Gasteiger partial charge in [-0.15, -0.1) is 0 Å². The van der Waals surface area contributed by atoms with Gasteiger partial charge in [0.15, 0.2) is 0 Å². The van der Waals surface area contributed by atoms with Crippen molar-refractivity contribution in [3.8, 4) is 5.75 Å². The highest BCUT2D eigenvalue weighted by molar-refractivity contribution is 5.90. The Labute approximate surface area is 153 Å². The second-order valence-corrected chi connectivity index (χ2v) is 6.62. The highest BCUT2D eigenvalue weighted by atomic mass is 16.5. The molecule has 0 aliphatic heterocycles. The zero-order valence-corrected chi connectivity index (χ0v) is 15.7. The number of allylic oxidation sites excluding steroid dienone is 1. The fourth-order valence-corrected chi connectivity index (χ4v) is 2.86. The summed E-state index contributed by atoms with van der Waals surface area (Å²) in [6.07, 6.45) is 19.3. The van der Waals surface area contributed by atoms with Crippen LogP contribution in [0.2, 0.25) is 0 Å². The third kappa shape index (κ3) is 10.6. The summed E-state index contributed by atoms with van der Waals surface area (Å²) in [6.45, 7) is 2.26. The van der Waals surface area contributed by atoms with E-state index in [9.17, 15) is 4.79 Å². The van der Waals surface area contributed by atoms with Crippen LogP contribution in [0.1, 0.15) is 94.3 Å². The van der Waals surface area contributed by atoms with Crippen LogP contribution in [0.25, 0.3) is 0 Å². The molecule has 0 saturated carbocycles. The Morgan fingerprint density at radius 3 is 2.08 bits per heavy atom. The number of ether oxygens (including phenoxy) is 1. The molecule has 0 spiro atoms. The van der Waals surface area contributed by atoms with Gasteiger partial charge in [0.1, 0.15) is 11.3 Å². The van der Waals surface area contributed by atoms with Crippen molar-refractivity contribution in [3.63, 3.8) is 0 Å². The molecule has 1 aromatic rings. The van der Waals surface area contributed by atoms with Gasteiger partial charge in [-0.05, 0) is 31.1 Å². The molecule has 25 heavy (non-hydrogen) atoms. The molecule has 0 unspecified atom stereocenters. The van der Waals surface area contributed by atoms with Gasteiger partial charge in [0.2, 0.25) is 0 Å². The van der Waals surface area contributed by atoms with Crippen LogP contribution < -0.4 is 4.74 Å². The first-order valence-corrected chi connectivity index (χ1v) is 9.89. The first-order chi connectivity index (χ1) is 12.3. The fraction of sp³-hybridized carbons (Fsp3) is 0.591. The Morgan fingerprint density at radius 2 is 1.48 bits per heavy atom. The summed E-state index contributed by atoms with van der Waals surface area (Å²) in [7, 11) is 0. The molecule has 140 valence electrons. The summed E-state index contributed by atoms with van der Waals surface area (Å²) < 4.78 is 5.44. The summed E-state index contributed by atoms with van der Waals surface area (Å²) in [5, 5.41) is 9.08. The lowest BCUT2D eigenvalue weighted by molar-refractivity contribution is 0.0694. The van der Waals surface area contributed by atoms with Gasteiger partial charge in [-0.25, -0.2) is 4.79 Å². The van der Waals surface area contributed by atoms with E-state index in [-0.39, 0.29) is 5.56 Å². The highest BCUT2D eigenvalue weighted by Gasteiger charge is 2.08. The average molecular weight is 347 g/mol. The second-order valence-electron chi connectivity index (χ2n) is 6.62. The van der Waals surface area contributed by atoms with E-state index in [2.05, 4.69) is 6.92 Å². The monoisotopic (exact) mass is 346 g/mol. The minimum absolute atomic E-state index is 0.196. The number of aromatic carboxylic acids is 1. The number of benzene rings is 1. The molecule has 0 saturated heterocycles. The zero-order valence-electron chi connectivity index (χ0n) is 15.7. The van der Waals surface area contributed by atoms with Crippen LogP contribution in [-0.2, 0) is 0 Å². The van der Waals surface area contributed by atoms with E-state index in [1.165, 1.54) is 64.2 Å². The smallest absolute Gasteiger partial charge is 0.339 e. The van der Waals surface area contributed by atoms with Crippen molar-refractivity contribution in [1.29, 1.82) is 0 Å². The molecule has 1 aromatic carbocycles. The van der Waals surface area contributed by atoms with Crippen LogP contribution in [-0.4, -0.2) is 11.1 Å². The van der Waals surface area contributed by atoms with Crippen LogP contribution in [0.5, 0.6) is 5.75 Å². The predicted octanol–water partition coefficient (Wildman–Crippen LogP) is 6.98. The van der Waals surface area contributed by atoms with E-state index < -0.39 is 5.97 Å². The highest BCUT2D eigenvalue weighted by Crippen LogP contribution is 2.18. The van der Waals surface area contributed by atoms with Crippen molar-refractivity contribution in [1.82, 2.24) is 0 Å². The third-order valence-electron chi connectivity index (χ3n) is 4.38. The van der Waals surface area contributed by atoms with Gasteiger partial charge in [-0.1, -0.05) is 83.3 Å². The van der Waals surface area contributed by atoms with Crippen LogP contribution in [0.15, 0.2) is 36.6 Å². The molecule has 0 bridgehead atoms. The molecule has 0 radical (unpaired) electrons. The van der Waals surface area contributed by atoms with Crippen molar-refractivity contribution in [2.75, 3.05) is 0 Å². The maximum absolute atomic E-state index is 11.1. The number of carboxylic acids is 1. The number of carbonyl (C=O) groups is 1. The van der Waals surface area contributed by atoms with Gasteiger partial charge in [-0.3, -0.25) is 0 Å². The molecule has 0 aromatic heterocycles. The Balaban J connectivity index is 1.98. The number of carboxylic acid groups (broad SMARTS) is 1. The van der Waals surface area contributed by atoms with Gasteiger partial charge < -0.3 is 9.84 Å². The SMILES string of the molecule is CCCCCCCCCCCCCC=COc1ccccc1C(=O)O. The molecule has 1 rings (SSSR count). The maximum Gasteiger partial charge on any atom is 0.339 e. The van der Waals surface area contributed by atoms with Gasteiger partial charge in [0.25, 0.3) is 0 Å². The van der Waals surface area contributed by atoms with Crippen LogP contribution in [0, 0.1) is 0 Å². The second kappa shape index (κ2) is 14.6. The Bertz CT molecular complexity index is 494. The zero-order chi connectivity index (χ0) is 18.2. The summed E-state index contributed by atoms with van der Waals surface area (Å²) in [5.41, 5.74) is 0.196. The molecule has 0 aliphatic rings. The van der Waals surface area contributed by atoms with E-state index in [1.54, 1.807) is 30.5 Å². The minimum atomic E-state index is -0.964. The molecule has 3 heteroatoms. The standard InChI is InChI=1S/C22H34O3/c1-2-3-4-5-6-7-8-9-10-11-12-13-16-19-25-21-18-15-14-17-20(21)22(23)24/h14-19H,2-13H2,1H3,(H,23,24). The molecule has 1 N–H and O–H groups in total.